The zero-order valence-corrected chi connectivity index (χ0v) is 9.82. The van der Waals surface area contributed by atoms with Gasteiger partial charge in [0.15, 0.2) is 0 Å². The van der Waals surface area contributed by atoms with Crippen molar-refractivity contribution in [1.82, 2.24) is 10.2 Å². The number of phenols is 2. The Balaban J connectivity index is 2.06. The van der Waals surface area contributed by atoms with Gasteiger partial charge in [0.25, 0.3) is 11.8 Å². The van der Waals surface area contributed by atoms with Gasteiger partial charge < -0.3 is 14.6 Å². The van der Waals surface area contributed by atoms with Crippen LogP contribution in [-0.2, 0) is 0 Å². The smallest absolute Gasteiger partial charge is 0.251 e. The van der Waals surface area contributed by atoms with Crippen LogP contribution in [0.3, 0.4) is 0 Å². The van der Waals surface area contributed by atoms with Crippen molar-refractivity contribution >= 4 is 0 Å². The standard InChI is InChI=1S/C14H10N2O3/c17-11-7-3-1-5-9(11)13-15-16-14(19-13)10-6-2-4-8-12(10)18/h1-8,17-18H. The minimum absolute atomic E-state index is 0.0648. The first-order chi connectivity index (χ1) is 9.25. The Hall–Kier alpha value is -2.82. The van der Waals surface area contributed by atoms with Crippen molar-refractivity contribution in [2.45, 2.75) is 0 Å². The summed E-state index contributed by atoms with van der Waals surface area (Å²) in [5, 5.41) is 27.2. The molecule has 0 radical (unpaired) electrons. The maximum absolute atomic E-state index is 9.72. The van der Waals surface area contributed by atoms with E-state index in [9.17, 15) is 10.2 Å². The molecule has 0 saturated carbocycles. The Kier molecular flexibility index (Phi) is 2.64. The van der Waals surface area contributed by atoms with Crippen molar-refractivity contribution in [2.75, 3.05) is 0 Å². The van der Waals surface area contributed by atoms with Crippen LogP contribution in [0, 0.1) is 0 Å². The van der Waals surface area contributed by atoms with E-state index in [1.54, 1.807) is 48.5 Å². The van der Waals surface area contributed by atoms with Crippen molar-refractivity contribution in [3.8, 4) is 34.4 Å². The van der Waals surface area contributed by atoms with Gasteiger partial charge in [-0.05, 0) is 24.3 Å². The topological polar surface area (TPSA) is 79.4 Å². The monoisotopic (exact) mass is 254 g/mol. The van der Waals surface area contributed by atoms with Gasteiger partial charge in [-0.2, -0.15) is 0 Å². The van der Waals surface area contributed by atoms with Crippen LogP contribution in [-0.4, -0.2) is 20.4 Å². The number of hydrogen-bond acceptors (Lipinski definition) is 5. The molecule has 0 aliphatic carbocycles. The van der Waals surface area contributed by atoms with E-state index in [-0.39, 0.29) is 23.3 Å². The van der Waals surface area contributed by atoms with Crippen LogP contribution in [0.25, 0.3) is 22.9 Å². The van der Waals surface area contributed by atoms with Gasteiger partial charge in [-0.1, -0.05) is 24.3 Å². The van der Waals surface area contributed by atoms with E-state index in [0.717, 1.165) is 0 Å². The molecule has 0 amide bonds. The molecular formula is C14H10N2O3. The number of hydrogen-bond donors (Lipinski definition) is 2. The fourth-order valence-electron chi connectivity index (χ4n) is 1.75. The van der Waals surface area contributed by atoms with Gasteiger partial charge in [0.05, 0.1) is 11.1 Å². The van der Waals surface area contributed by atoms with Crippen LogP contribution >= 0.6 is 0 Å². The second-order valence-electron chi connectivity index (χ2n) is 3.95. The minimum Gasteiger partial charge on any atom is -0.507 e. The molecule has 5 nitrogen and oxygen atoms in total. The van der Waals surface area contributed by atoms with Gasteiger partial charge in [0.1, 0.15) is 11.5 Å². The van der Waals surface area contributed by atoms with Crippen molar-refractivity contribution in [3.63, 3.8) is 0 Å². The van der Waals surface area contributed by atoms with Crippen molar-refractivity contribution in [2.24, 2.45) is 0 Å². The molecule has 0 saturated heterocycles. The Labute approximate surface area is 108 Å². The molecule has 0 atom stereocenters. The number of nitrogens with zero attached hydrogens (tertiary/aromatic N) is 2. The second kappa shape index (κ2) is 4.45. The lowest BCUT2D eigenvalue weighted by Crippen LogP contribution is -1.78. The predicted molar refractivity (Wildman–Crippen MR) is 68.5 cm³/mol. The van der Waals surface area contributed by atoms with Gasteiger partial charge in [0.2, 0.25) is 0 Å². The predicted octanol–water partition coefficient (Wildman–Crippen LogP) is 2.81. The average Bonchev–Trinajstić information content (AvgIpc) is 2.89. The fraction of sp³-hybridized carbons (Fsp3) is 0. The highest BCUT2D eigenvalue weighted by Gasteiger charge is 2.15. The zero-order valence-electron chi connectivity index (χ0n) is 9.82. The molecule has 0 aliphatic heterocycles. The fourth-order valence-corrected chi connectivity index (χ4v) is 1.75. The molecule has 0 aliphatic rings. The maximum atomic E-state index is 9.72. The number of aromatic hydroxyl groups is 2. The van der Waals surface area contributed by atoms with Gasteiger partial charge in [-0.15, -0.1) is 10.2 Å². The molecule has 1 aromatic heterocycles. The van der Waals surface area contributed by atoms with Crippen molar-refractivity contribution in [1.29, 1.82) is 0 Å². The Morgan fingerprint density at radius 2 is 1.11 bits per heavy atom. The lowest BCUT2D eigenvalue weighted by molar-refractivity contribution is 0.470. The zero-order chi connectivity index (χ0) is 13.2. The van der Waals surface area contributed by atoms with Crippen LogP contribution in [0.15, 0.2) is 52.9 Å². The lowest BCUT2D eigenvalue weighted by atomic mass is 10.2. The normalized spacial score (nSPS) is 10.5. The molecule has 94 valence electrons. The second-order valence-corrected chi connectivity index (χ2v) is 3.95. The van der Waals surface area contributed by atoms with E-state index in [2.05, 4.69) is 10.2 Å². The molecule has 0 spiro atoms. The number of benzene rings is 2. The van der Waals surface area contributed by atoms with Crippen molar-refractivity contribution < 1.29 is 14.6 Å². The first-order valence-electron chi connectivity index (χ1n) is 5.66. The molecule has 0 bridgehead atoms. The summed E-state index contributed by atoms with van der Waals surface area (Å²) >= 11 is 0. The third-order valence-electron chi connectivity index (χ3n) is 2.69. The molecule has 1 heterocycles. The summed E-state index contributed by atoms with van der Waals surface area (Å²) in [5.41, 5.74) is 0.911. The largest absolute Gasteiger partial charge is 0.507 e. The van der Waals surface area contributed by atoms with Gasteiger partial charge in [-0.25, -0.2) is 0 Å². The SMILES string of the molecule is Oc1ccccc1-c1nnc(-c2ccccc2O)o1. The molecule has 0 fully saturated rings. The molecule has 3 rings (SSSR count). The summed E-state index contributed by atoms with van der Waals surface area (Å²) in [6, 6.07) is 13.4. The Bertz CT molecular complexity index is 662. The van der Waals surface area contributed by atoms with E-state index in [0.29, 0.717) is 11.1 Å². The first-order valence-corrected chi connectivity index (χ1v) is 5.66. The van der Waals surface area contributed by atoms with Crippen LogP contribution in [0.2, 0.25) is 0 Å². The average molecular weight is 254 g/mol. The summed E-state index contributed by atoms with van der Waals surface area (Å²) in [4.78, 5) is 0. The highest BCUT2D eigenvalue weighted by Crippen LogP contribution is 2.32. The molecule has 2 N–H and O–H groups in total. The van der Waals surface area contributed by atoms with Crippen LogP contribution in [0.4, 0.5) is 0 Å². The molecule has 3 aromatic rings. The van der Waals surface area contributed by atoms with Crippen LogP contribution < -0.4 is 0 Å². The minimum atomic E-state index is 0.0648. The Morgan fingerprint density at radius 3 is 1.53 bits per heavy atom. The maximum Gasteiger partial charge on any atom is 0.251 e. The number of rotatable bonds is 2. The van der Waals surface area contributed by atoms with Gasteiger partial charge >= 0.3 is 0 Å². The van der Waals surface area contributed by atoms with Crippen LogP contribution in [0.1, 0.15) is 0 Å². The lowest BCUT2D eigenvalue weighted by Gasteiger charge is -1.99. The third kappa shape index (κ3) is 2.01. The molecular weight excluding hydrogens is 244 g/mol. The number of phenolic OH excluding ortho intramolecular Hbond substituents is 2. The summed E-state index contributed by atoms with van der Waals surface area (Å²) < 4.78 is 5.48. The van der Waals surface area contributed by atoms with Crippen molar-refractivity contribution in [3.05, 3.63) is 48.5 Å². The highest BCUT2D eigenvalue weighted by molar-refractivity contribution is 5.66. The van der Waals surface area contributed by atoms with E-state index in [1.807, 2.05) is 0 Å². The third-order valence-corrected chi connectivity index (χ3v) is 2.69. The first kappa shape index (κ1) is 11.3. The molecule has 19 heavy (non-hydrogen) atoms. The summed E-state index contributed by atoms with van der Waals surface area (Å²) in [6.45, 7) is 0. The number of aromatic nitrogens is 2. The quantitative estimate of drug-likeness (QED) is 0.735. The van der Waals surface area contributed by atoms with E-state index in [4.69, 9.17) is 4.42 Å². The van der Waals surface area contributed by atoms with Crippen LogP contribution in [0.5, 0.6) is 11.5 Å². The van der Waals surface area contributed by atoms with E-state index < -0.39 is 0 Å². The summed E-state index contributed by atoms with van der Waals surface area (Å²) in [6.07, 6.45) is 0. The molecule has 2 aromatic carbocycles. The summed E-state index contributed by atoms with van der Waals surface area (Å²) in [7, 11) is 0. The molecule has 5 heteroatoms. The molecule has 0 unspecified atom stereocenters. The Morgan fingerprint density at radius 1 is 0.684 bits per heavy atom. The highest BCUT2D eigenvalue weighted by atomic mass is 16.4. The van der Waals surface area contributed by atoms with Gasteiger partial charge in [0, 0.05) is 0 Å². The van der Waals surface area contributed by atoms with E-state index in [1.165, 1.54) is 0 Å². The van der Waals surface area contributed by atoms with E-state index >= 15 is 0 Å². The number of para-hydroxylation sites is 2. The summed E-state index contributed by atoms with van der Waals surface area (Å²) in [5.74, 6) is 0.540. The van der Waals surface area contributed by atoms with Gasteiger partial charge in [-0.3, -0.25) is 0 Å².